The van der Waals surface area contributed by atoms with Gasteiger partial charge in [-0.3, -0.25) is 0 Å². The first kappa shape index (κ1) is 45.9. The Hall–Kier alpha value is -5.51. The van der Waals surface area contributed by atoms with Gasteiger partial charge in [-0.05, 0) is 95.0 Å². The lowest BCUT2D eigenvalue weighted by Crippen LogP contribution is -2.18. The summed E-state index contributed by atoms with van der Waals surface area (Å²) in [5.74, 6) is 0. The molecule has 0 heterocycles. The van der Waals surface area contributed by atoms with Crippen molar-refractivity contribution in [1.29, 1.82) is 0 Å². The van der Waals surface area contributed by atoms with Gasteiger partial charge in [0.2, 0.25) is 9.84 Å². The lowest BCUT2D eigenvalue weighted by Gasteiger charge is -2.26. The molecule has 7 aromatic carbocycles. The molecule has 2 nitrogen and oxygen atoms in total. The Labute approximate surface area is 345 Å². The largest absolute Gasteiger partial charge is 0.219 e. The summed E-state index contributed by atoms with van der Waals surface area (Å²) in [4.78, 5) is 0.680. The van der Waals surface area contributed by atoms with Crippen molar-refractivity contribution in [1.82, 2.24) is 0 Å². The zero-order valence-electron chi connectivity index (χ0n) is 36.0. The van der Waals surface area contributed by atoms with Crippen molar-refractivity contribution in [2.75, 3.05) is 0 Å². The zero-order chi connectivity index (χ0) is 42.0. The number of hydrogen-bond donors (Lipinski definition) is 0. The molecule has 0 fully saturated rings. The molecular formula is C54H62O2S. The molecule has 7 aromatic rings. The second-order valence-electron chi connectivity index (χ2n) is 14.9. The Morgan fingerprint density at radius 3 is 0.789 bits per heavy atom. The van der Waals surface area contributed by atoms with Gasteiger partial charge >= 0.3 is 0 Å². The van der Waals surface area contributed by atoms with Crippen molar-refractivity contribution >= 4 is 9.84 Å². The van der Waals surface area contributed by atoms with E-state index in [1.807, 2.05) is 45.9 Å². The van der Waals surface area contributed by atoms with E-state index in [2.05, 4.69) is 158 Å². The van der Waals surface area contributed by atoms with Gasteiger partial charge in [-0.15, -0.1) is 0 Å². The van der Waals surface area contributed by atoms with Crippen LogP contribution in [0.1, 0.15) is 77.8 Å². The van der Waals surface area contributed by atoms with E-state index in [0.717, 1.165) is 11.1 Å². The molecule has 0 unspecified atom stereocenters. The highest BCUT2D eigenvalue weighted by molar-refractivity contribution is 7.91. The second kappa shape index (κ2) is 22.3. The average molecular weight is 775 g/mol. The second-order valence-corrected chi connectivity index (χ2v) is 16.8. The van der Waals surface area contributed by atoms with E-state index >= 15 is 0 Å². The number of sulfone groups is 1. The van der Waals surface area contributed by atoms with Crippen LogP contribution in [0.25, 0.3) is 11.1 Å². The molecule has 0 radical (unpaired) electrons. The van der Waals surface area contributed by atoms with Crippen molar-refractivity contribution in [3.8, 4) is 11.1 Å². The molecule has 0 aliphatic rings. The van der Waals surface area contributed by atoms with Gasteiger partial charge in [0.25, 0.3) is 0 Å². The lowest BCUT2D eigenvalue weighted by atomic mass is 9.78. The van der Waals surface area contributed by atoms with Gasteiger partial charge in [0.05, 0.1) is 9.79 Å². The fourth-order valence-electron chi connectivity index (χ4n) is 5.70. The summed E-state index contributed by atoms with van der Waals surface area (Å²) in [6.45, 7) is 23.0. The first-order valence-electron chi connectivity index (χ1n) is 19.8. The minimum atomic E-state index is -3.37. The predicted molar refractivity (Wildman–Crippen MR) is 246 cm³/mol. The van der Waals surface area contributed by atoms with Gasteiger partial charge in [-0.25, -0.2) is 8.42 Å². The van der Waals surface area contributed by atoms with Gasteiger partial charge in [0.1, 0.15) is 0 Å². The Morgan fingerprint density at radius 1 is 0.316 bits per heavy atom. The molecule has 7 rings (SSSR count). The Balaban J connectivity index is 0.000000208. The lowest BCUT2D eigenvalue weighted by molar-refractivity contribution is 0.596. The summed E-state index contributed by atoms with van der Waals surface area (Å²) in [6, 6.07) is 59.0. The maximum Gasteiger partial charge on any atom is 0.206 e. The molecule has 0 aromatic heterocycles. The third-order valence-corrected chi connectivity index (χ3v) is 11.4. The molecule has 3 heteroatoms. The quantitative estimate of drug-likeness (QED) is 0.175. The average Bonchev–Trinajstić information content (AvgIpc) is 3.21. The van der Waals surface area contributed by atoms with Crippen LogP contribution in [0.4, 0.5) is 0 Å². The van der Waals surface area contributed by atoms with Crippen molar-refractivity contribution in [2.24, 2.45) is 0 Å². The standard InChI is InChI=1S/C17H20.C14H14O2S.C14H14.C7H8.C2H6/c1-13-5-9-15(10-6-13)17(3,4)16-11-7-14(2)8-12-16;1-11-3-7-13(8-4-11)17(15,16)14-9-5-12(2)6-10-14;1-11-3-7-13(8-4-11)14-9-5-12(2)6-10-14;1-7-5-3-2-4-6-7;1-2/h5-12H,1-4H3;3-10H,1-2H3;3-10H,1-2H3;2-6H,1H3;1-2H3. The maximum absolute atomic E-state index is 12.3. The minimum absolute atomic E-state index is 0.0708. The summed E-state index contributed by atoms with van der Waals surface area (Å²) >= 11 is 0. The van der Waals surface area contributed by atoms with Crippen LogP contribution in [0.5, 0.6) is 0 Å². The smallest absolute Gasteiger partial charge is 0.206 e. The number of benzene rings is 7. The molecule has 0 bridgehead atoms. The van der Waals surface area contributed by atoms with Crippen LogP contribution in [-0.4, -0.2) is 8.42 Å². The molecule has 0 saturated heterocycles. The third-order valence-electron chi connectivity index (χ3n) is 9.59. The van der Waals surface area contributed by atoms with Gasteiger partial charge in [0, 0.05) is 5.41 Å². The summed E-state index contributed by atoms with van der Waals surface area (Å²) in [5.41, 5.74) is 14.0. The molecule has 57 heavy (non-hydrogen) atoms. The third kappa shape index (κ3) is 14.5. The Bertz CT molecular complexity index is 2140. The van der Waals surface area contributed by atoms with Crippen LogP contribution in [0, 0.1) is 48.5 Å². The summed E-state index contributed by atoms with van der Waals surface area (Å²) in [5, 5.41) is 0. The van der Waals surface area contributed by atoms with E-state index in [4.69, 9.17) is 0 Å². The zero-order valence-corrected chi connectivity index (χ0v) is 36.8. The Kier molecular flexibility index (Phi) is 17.9. The number of aryl methyl sites for hydroxylation is 7. The minimum Gasteiger partial charge on any atom is -0.219 e. The normalized spacial score (nSPS) is 10.5. The SMILES string of the molecule is CC.Cc1ccc(-c2ccc(C)cc2)cc1.Cc1ccc(C(C)(C)c2ccc(C)cc2)cc1.Cc1ccc(S(=O)(=O)c2ccc(C)cc2)cc1.Cc1ccccc1. The molecule has 0 saturated carbocycles. The first-order chi connectivity index (χ1) is 27.1. The molecule has 296 valence electrons. The molecule has 0 amide bonds. The topological polar surface area (TPSA) is 34.1 Å². The molecule has 0 aliphatic carbocycles. The van der Waals surface area contributed by atoms with Crippen molar-refractivity contribution in [2.45, 2.75) is 91.4 Å². The highest BCUT2D eigenvalue weighted by Gasteiger charge is 2.22. The molecule has 0 atom stereocenters. The van der Waals surface area contributed by atoms with Crippen LogP contribution in [-0.2, 0) is 15.3 Å². The van der Waals surface area contributed by atoms with E-state index in [1.54, 1.807) is 48.5 Å². The first-order valence-corrected chi connectivity index (χ1v) is 21.3. The van der Waals surface area contributed by atoms with Crippen LogP contribution in [0.15, 0.2) is 186 Å². The van der Waals surface area contributed by atoms with Crippen LogP contribution in [0.2, 0.25) is 0 Å². The van der Waals surface area contributed by atoms with Gasteiger partial charge in [-0.1, -0.05) is 218 Å². The Morgan fingerprint density at radius 2 is 0.544 bits per heavy atom. The van der Waals surface area contributed by atoms with E-state index in [0.29, 0.717) is 9.79 Å². The van der Waals surface area contributed by atoms with Crippen molar-refractivity contribution in [3.63, 3.8) is 0 Å². The van der Waals surface area contributed by atoms with E-state index in [1.165, 1.54) is 50.1 Å². The number of rotatable bonds is 5. The van der Waals surface area contributed by atoms with Crippen LogP contribution >= 0.6 is 0 Å². The number of hydrogen-bond acceptors (Lipinski definition) is 2. The summed E-state index contributed by atoms with van der Waals surface area (Å²) in [6.07, 6.45) is 0. The van der Waals surface area contributed by atoms with E-state index < -0.39 is 9.84 Å². The fourth-order valence-corrected chi connectivity index (χ4v) is 6.97. The molecule has 0 N–H and O–H groups in total. The predicted octanol–water partition coefficient (Wildman–Crippen LogP) is 14.8. The molecular weight excluding hydrogens is 713 g/mol. The van der Waals surface area contributed by atoms with Crippen LogP contribution < -0.4 is 0 Å². The van der Waals surface area contributed by atoms with Gasteiger partial charge in [-0.2, -0.15) is 0 Å². The summed E-state index contributed by atoms with van der Waals surface area (Å²) in [7, 11) is -3.37. The summed E-state index contributed by atoms with van der Waals surface area (Å²) < 4.78 is 24.5. The van der Waals surface area contributed by atoms with E-state index in [9.17, 15) is 8.42 Å². The van der Waals surface area contributed by atoms with Gasteiger partial charge < -0.3 is 0 Å². The maximum atomic E-state index is 12.3. The van der Waals surface area contributed by atoms with Crippen LogP contribution in [0.3, 0.4) is 0 Å². The fraction of sp³-hybridized carbons (Fsp3) is 0.222. The van der Waals surface area contributed by atoms with Crippen molar-refractivity contribution in [3.05, 3.63) is 226 Å². The van der Waals surface area contributed by atoms with E-state index in [-0.39, 0.29) is 5.41 Å². The van der Waals surface area contributed by atoms with Gasteiger partial charge in [0.15, 0.2) is 0 Å². The molecule has 0 spiro atoms. The van der Waals surface area contributed by atoms with Crippen molar-refractivity contribution < 1.29 is 8.42 Å². The molecule has 0 aliphatic heterocycles. The highest BCUT2D eigenvalue weighted by atomic mass is 32.2. The highest BCUT2D eigenvalue weighted by Crippen LogP contribution is 2.31. The monoisotopic (exact) mass is 774 g/mol.